The van der Waals surface area contributed by atoms with Crippen molar-refractivity contribution in [2.24, 2.45) is 0 Å². The molecule has 252 valence electrons. The molecule has 0 radical (unpaired) electrons. The molecule has 0 spiro atoms. The topological polar surface area (TPSA) is 6.48 Å². The van der Waals surface area contributed by atoms with Crippen LogP contribution in [0.15, 0.2) is 170 Å². The molecule has 7 aromatic rings. The minimum Gasteiger partial charge on any atom is -0.313 e. The fourth-order valence-corrected chi connectivity index (χ4v) is 10.2. The van der Waals surface area contributed by atoms with E-state index in [0.717, 1.165) is 46.8 Å². The second-order valence-corrected chi connectivity index (χ2v) is 15.4. The van der Waals surface area contributed by atoms with E-state index in [1.165, 1.54) is 64.5 Å². The highest BCUT2D eigenvalue weighted by Crippen LogP contribution is 2.45. The van der Waals surface area contributed by atoms with Crippen molar-refractivity contribution in [3.05, 3.63) is 196 Å². The fraction of sp³-hybridized carbons (Fsp3) is 0.0833. The summed E-state index contributed by atoms with van der Waals surface area (Å²) in [5, 5.41) is 3.65. The lowest BCUT2D eigenvalue weighted by Crippen LogP contribution is -2.30. The number of para-hydroxylation sites is 2. The maximum absolute atomic E-state index is 4.52. The number of hydrogen-bond acceptors (Lipinski definition) is 4. The number of anilines is 3. The Bertz CT molecular complexity index is 2660. The van der Waals surface area contributed by atoms with E-state index in [0.29, 0.717) is 0 Å². The summed E-state index contributed by atoms with van der Waals surface area (Å²) in [6.07, 6.45) is 13.0. The molecule has 0 saturated carbocycles. The van der Waals surface area contributed by atoms with Gasteiger partial charge in [0.05, 0.1) is 20.8 Å². The molecule has 2 nitrogen and oxygen atoms in total. The van der Waals surface area contributed by atoms with Crippen LogP contribution in [-0.2, 0) is 6.42 Å². The predicted molar refractivity (Wildman–Crippen MR) is 228 cm³/mol. The average molecular weight is 707 g/mol. The van der Waals surface area contributed by atoms with Gasteiger partial charge in [0.1, 0.15) is 0 Å². The summed E-state index contributed by atoms with van der Waals surface area (Å²) >= 11 is 3.70. The van der Waals surface area contributed by atoms with E-state index in [2.05, 4.69) is 175 Å². The van der Waals surface area contributed by atoms with Gasteiger partial charge in [-0.15, -0.1) is 22.7 Å². The van der Waals surface area contributed by atoms with E-state index in [1.807, 2.05) is 17.4 Å². The van der Waals surface area contributed by atoms with Gasteiger partial charge in [-0.05, 0) is 119 Å². The third kappa shape index (κ3) is 5.75. The highest BCUT2D eigenvalue weighted by atomic mass is 32.1. The Morgan fingerprint density at radius 3 is 1.92 bits per heavy atom. The standard InChI is InChI=1S/C48H38N2S2/c1-3-43(47-33(2)40-19-10-12-23-45(40)51-47)49(36-15-6-4-7-16-36)38-29-25-34(26-30-38)35-27-31-39(32-28-35)50(37-17-8-5-9-18-37)44-22-14-21-42-41-20-11-13-24-46(41)52-48(42)44/h3-13,15-20,22-25,27-29,31-32H,1-2,14,21,26,30H2/b47-43-. The first-order valence-electron chi connectivity index (χ1n) is 17.9. The first-order chi connectivity index (χ1) is 25.7. The molecule has 0 unspecified atom stereocenters. The van der Waals surface area contributed by atoms with Crippen LogP contribution in [0.25, 0.3) is 43.7 Å². The third-order valence-corrected chi connectivity index (χ3v) is 12.7. The molecule has 2 aliphatic carbocycles. The molecule has 0 N–H and O–H groups in total. The van der Waals surface area contributed by atoms with E-state index < -0.39 is 0 Å². The van der Waals surface area contributed by atoms with Crippen LogP contribution >= 0.6 is 22.7 Å². The molecule has 9 rings (SSSR count). The molecule has 52 heavy (non-hydrogen) atoms. The molecule has 0 amide bonds. The summed E-state index contributed by atoms with van der Waals surface area (Å²) in [7, 11) is 0. The van der Waals surface area contributed by atoms with Crippen LogP contribution < -0.4 is 19.6 Å². The number of rotatable bonds is 8. The highest BCUT2D eigenvalue weighted by molar-refractivity contribution is 7.20. The molecule has 0 atom stereocenters. The maximum atomic E-state index is 4.52. The number of benzene rings is 5. The zero-order valence-corrected chi connectivity index (χ0v) is 30.6. The van der Waals surface area contributed by atoms with Crippen LogP contribution in [0.2, 0.25) is 0 Å². The van der Waals surface area contributed by atoms with Crippen LogP contribution in [0.1, 0.15) is 35.3 Å². The smallest absolute Gasteiger partial charge is 0.0631 e. The zero-order valence-electron chi connectivity index (χ0n) is 29.0. The molecule has 2 aromatic heterocycles. The van der Waals surface area contributed by atoms with Gasteiger partial charge in [0, 0.05) is 32.2 Å². The Balaban J connectivity index is 1.08. The lowest BCUT2D eigenvalue weighted by atomic mass is 9.94. The first kappa shape index (κ1) is 32.2. The molecule has 2 heterocycles. The number of nitrogens with zero attached hydrogens (tertiary/aromatic N) is 2. The number of allylic oxidation sites excluding steroid dienone is 5. The van der Waals surface area contributed by atoms with Gasteiger partial charge in [0.15, 0.2) is 0 Å². The minimum absolute atomic E-state index is 0.912. The van der Waals surface area contributed by atoms with Crippen LogP contribution in [0.3, 0.4) is 0 Å². The minimum atomic E-state index is 0.912. The fourth-order valence-electron chi connectivity index (χ4n) is 7.70. The Labute approximate surface area is 313 Å². The molecule has 0 saturated heterocycles. The summed E-state index contributed by atoms with van der Waals surface area (Å²) in [5.74, 6) is 0. The second kappa shape index (κ2) is 13.8. The van der Waals surface area contributed by atoms with Crippen molar-refractivity contribution in [2.45, 2.75) is 25.7 Å². The summed E-state index contributed by atoms with van der Waals surface area (Å²) in [5.41, 5.74) is 11.2. The van der Waals surface area contributed by atoms with Gasteiger partial charge in [0.25, 0.3) is 0 Å². The zero-order chi connectivity index (χ0) is 35.0. The normalized spacial score (nSPS) is 14.7. The van der Waals surface area contributed by atoms with Crippen molar-refractivity contribution >= 4 is 83.5 Å². The molecule has 0 bridgehead atoms. The van der Waals surface area contributed by atoms with Gasteiger partial charge in [-0.1, -0.05) is 110 Å². The quantitative estimate of drug-likeness (QED) is 0.155. The highest BCUT2D eigenvalue weighted by Gasteiger charge is 2.25. The van der Waals surface area contributed by atoms with Gasteiger partial charge in [-0.3, -0.25) is 0 Å². The molecular weight excluding hydrogens is 669 g/mol. The van der Waals surface area contributed by atoms with Crippen LogP contribution in [0.4, 0.5) is 17.1 Å². The van der Waals surface area contributed by atoms with E-state index >= 15 is 0 Å². The van der Waals surface area contributed by atoms with E-state index in [1.54, 1.807) is 11.3 Å². The van der Waals surface area contributed by atoms with Crippen molar-refractivity contribution < 1.29 is 0 Å². The number of hydrogen-bond donors (Lipinski definition) is 0. The van der Waals surface area contributed by atoms with Crippen LogP contribution in [-0.4, -0.2) is 0 Å². The van der Waals surface area contributed by atoms with Gasteiger partial charge >= 0.3 is 0 Å². The van der Waals surface area contributed by atoms with Crippen molar-refractivity contribution in [3.63, 3.8) is 0 Å². The van der Waals surface area contributed by atoms with Gasteiger partial charge < -0.3 is 9.80 Å². The SMILES string of the molecule is C=C/C(=c1/sc2ccccc2c1=C)N(C1=CC=C(c2ccc(N(C3=CCCc4c3sc3ccccc43)c3ccccc3)cc2)CC1)c1ccccc1. The lowest BCUT2D eigenvalue weighted by Gasteiger charge is -2.31. The summed E-state index contributed by atoms with van der Waals surface area (Å²) in [6.45, 7) is 8.82. The van der Waals surface area contributed by atoms with Gasteiger partial charge in [-0.25, -0.2) is 0 Å². The van der Waals surface area contributed by atoms with Gasteiger partial charge in [-0.2, -0.15) is 0 Å². The number of aryl methyl sites for hydroxylation is 1. The maximum Gasteiger partial charge on any atom is 0.0631 e. The summed E-state index contributed by atoms with van der Waals surface area (Å²) in [4.78, 5) is 6.20. The van der Waals surface area contributed by atoms with E-state index in [4.69, 9.17) is 0 Å². The van der Waals surface area contributed by atoms with Crippen molar-refractivity contribution in [3.8, 4) is 0 Å². The third-order valence-electron chi connectivity index (χ3n) is 10.2. The summed E-state index contributed by atoms with van der Waals surface area (Å²) < 4.78 is 3.76. The Morgan fingerprint density at radius 2 is 1.25 bits per heavy atom. The largest absolute Gasteiger partial charge is 0.313 e. The molecule has 4 heteroatoms. The number of fused-ring (bicyclic) bond motifs is 4. The monoisotopic (exact) mass is 706 g/mol. The molecule has 0 aliphatic heterocycles. The molecule has 5 aromatic carbocycles. The predicted octanol–water partition coefficient (Wildman–Crippen LogP) is 12.2. The van der Waals surface area contributed by atoms with Crippen LogP contribution in [0.5, 0.6) is 0 Å². The summed E-state index contributed by atoms with van der Waals surface area (Å²) in [6, 6.07) is 48.0. The van der Waals surface area contributed by atoms with Crippen LogP contribution in [0, 0.1) is 0 Å². The lowest BCUT2D eigenvalue weighted by molar-refractivity contribution is 0.933. The second-order valence-electron chi connectivity index (χ2n) is 13.3. The molecule has 0 fully saturated rings. The van der Waals surface area contributed by atoms with Crippen molar-refractivity contribution in [1.82, 2.24) is 0 Å². The molecular formula is C48H38N2S2. The van der Waals surface area contributed by atoms with E-state index in [9.17, 15) is 0 Å². The first-order valence-corrected chi connectivity index (χ1v) is 19.6. The van der Waals surface area contributed by atoms with E-state index in [-0.39, 0.29) is 0 Å². The molecule has 2 aliphatic rings. The van der Waals surface area contributed by atoms with Gasteiger partial charge in [0.2, 0.25) is 0 Å². The Hall–Kier alpha value is -5.68. The Morgan fingerprint density at radius 1 is 0.615 bits per heavy atom. The Kier molecular flexibility index (Phi) is 8.56. The average Bonchev–Trinajstić information content (AvgIpc) is 3.76. The van der Waals surface area contributed by atoms with Crippen molar-refractivity contribution in [1.29, 1.82) is 0 Å². The number of thiophene rings is 2. The van der Waals surface area contributed by atoms with Crippen molar-refractivity contribution in [2.75, 3.05) is 9.80 Å².